The number of benzene rings is 1. The number of hydrogen-bond donors (Lipinski definition) is 1. The average Bonchev–Trinajstić information content (AvgIpc) is 2.86. The fourth-order valence-corrected chi connectivity index (χ4v) is 2.59. The standard InChI is InChI=1S/C14H16N2O5/c17-13(15-6-5-10(9-15)7-14(18)19)8-11-3-1-2-4-12(11)16(20)21/h1-4,10H,5-9H2,(H,18,19). The first-order valence-electron chi connectivity index (χ1n) is 6.69. The van der Waals surface area contributed by atoms with E-state index in [1.807, 2.05) is 0 Å². The highest BCUT2D eigenvalue weighted by Crippen LogP contribution is 2.23. The predicted molar refractivity (Wildman–Crippen MR) is 73.7 cm³/mol. The number of hydrogen-bond acceptors (Lipinski definition) is 4. The van der Waals surface area contributed by atoms with Crippen molar-refractivity contribution in [2.75, 3.05) is 13.1 Å². The van der Waals surface area contributed by atoms with Crippen molar-refractivity contribution in [3.05, 3.63) is 39.9 Å². The van der Waals surface area contributed by atoms with Crippen LogP contribution in [0.5, 0.6) is 0 Å². The summed E-state index contributed by atoms with van der Waals surface area (Å²) in [7, 11) is 0. The molecule has 1 atom stereocenters. The second-order valence-electron chi connectivity index (χ2n) is 5.15. The first kappa shape index (κ1) is 15.0. The van der Waals surface area contributed by atoms with E-state index in [0.717, 1.165) is 0 Å². The number of carbonyl (C=O) groups is 2. The van der Waals surface area contributed by atoms with Gasteiger partial charge in [0.25, 0.3) is 5.69 Å². The summed E-state index contributed by atoms with van der Waals surface area (Å²) >= 11 is 0. The van der Waals surface area contributed by atoms with Crippen molar-refractivity contribution in [1.29, 1.82) is 0 Å². The third-order valence-electron chi connectivity index (χ3n) is 3.63. The van der Waals surface area contributed by atoms with Gasteiger partial charge in [-0.2, -0.15) is 0 Å². The molecule has 1 fully saturated rings. The van der Waals surface area contributed by atoms with Crippen LogP contribution in [0.15, 0.2) is 24.3 Å². The molecule has 7 nitrogen and oxygen atoms in total. The Morgan fingerprint density at radius 1 is 1.38 bits per heavy atom. The van der Waals surface area contributed by atoms with Gasteiger partial charge in [-0.15, -0.1) is 0 Å². The van der Waals surface area contributed by atoms with Crippen molar-refractivity contribution in [2.24, 2.45) is 5.92 Å². The van der Waals surface area contributed by atoms with Gasteiger partial charge in [0.15, 0.2) is 0 Å². The lowest BCUT2D eigenvalue weighted by Gasteiger charge is -2.16. The topological polar surface area (TPSA) is 101 Å². The van der Waals surface area contributed by atoms with E-state index in [9.17, 15) is 19.7 Å². The summed E-state index contributed by atoms with van der Waals surface area (Å²) in [6.07, 6.45) is 0.682. The minimum absolute atomic E-state index is 0.0304. The lowest BCUT2D eigenvalue weighted by molar-refractivity contribution is -0.385. The van der Waals surface area contributed by atoms with Gasteiger partial charge in [0, 0.05) is 31.1 Å². The molecule has 0 aromatic heterocycles. The largest absolute Gasteiger partial charge is 0.481 e. The van der Waals surface area contributed by atoms with E-state index in [4.69, 9.17) is 5.11 Å². The number of nitro benzene ring substituents is 1. The molecule has 2 rings (SSSR count). The van der Waals surface area contributed by atoms with Crippen LogP contribution in [0, 0.1) is 16.0 Å². The minimum Gasteiger partial charge on any atom is -0.481 e. The zero-order valence-electron chi connectivity index (χ0n) is 11.4. The lowest BCUT2D eigenvalue weighted by atomic mass is 10.1. The summed E-state index contributed by atoms with van der Waals surface area (Å²) in [6.45, 7) is 0.920. The van der Waals surface area contributed by atoms with Gasteiger partial charge >= 0.3 is 5.97 Å². The van der Waals surface area contributed by atoms with E-state index in [1.165, 1.54) is 6.07 Å². The van der Waals surface area contributed by atoms with Crippen LogP contribution in [-0.4, -0.2) is 39.9 Å². The van der Waals surface area contributed by atoms with Crippen LogP contribution in [0.4, 0.5) is 5.69 Å². The highest BCUT2D eigenvalue weighted by Gasteiger charge is 2.28. The molecule has 21 heavy (non-hydrogen) atoms. The van der Waals surface area contributed by atoms with Gasteiger partial charge in [0.2, 0.25) is 5.91 Å². The van der Waals surface area contributed by atoms with Crippen LogP contribution in [0.2, 0.25) is 0 Å². The Morgan fingerprint density at radius 2 is 2.10 bits per heavy atom. The maximum Gasteiger partial charge on any atom is 0.303 e. The highest BCUT2D eigenvalue weighted by molar-refractivity contribution is 5.80. The SMILES string of the molecule is O=C(O)CC1CCN(C(=O)Cc2ccccc2[N+](=O)[O-])C1. The smallest absolute Gasteiger partial charge is 0.303 e. The maximum absolute atomic E-state index is 12.2. The molecule has 1 heterocycles. The molecule has 0 spiro atoms. The molecule has 1 saturated heterocycles. The van der Waals surface area contributed by atoms with Crippen molar-refractivity contribution in [3.8, 4) is 0 Å². The molecule has 1 aromatic rings. The van der Waals surface area contributed by atoms with Crippen LogP contribution >= 0.6 is 0 Å². The molecule has 0 saturated carbocycles. The average molecular weight is 292 g/mol. The quantitative estimate of drug-likeness (QED) is 0.654. The van der Waals surface area contributed by atoms with E-state index < -0.39 is 10.9 Å². The Morgan fingerprint density at radius 3 is 2.76 bits per heavy atom. The van der Waals surface area contributed by atoms with Gasteiger partial charge < -0.3 is 10.0 Å². The van der Waals surface area contributed by atoms with Gasteiger partial charge in [-0.25, -0.2) is 0 Å². The molecule has 1 unspecified atom stereocenters. The number of carbonyl (C=O) groups excluding carboxylic acids is 1. The third-order valence-corrected chi connectivity index (χ3v) is 3.63. The molecule has 7 heteroatoms. The number of nitrogens with zero attached hydrogens (tertiary/aromatic N) is 2. The molecule has 1 aromatic carbocycles. The molecule has 1 amide bonds. The van der Waals surface area contributed by atoms with Crippen LogP contribution in [0.25, 0.3) is 0 Å². The molecule has 0 aliphatic carbocycles. The van der Waals surface area contributed by atoms with Crippen molar-refractivity contribution in [2.45, 2.75) is 19.3 Å². The second kappa shape index (κ2) is 6.34. The molecule has 1 N–H and O–H groups in total. The van der Waals surface area contributed by atoms with Crippen LogP contribution in [0.1, 0.15) is 18.4 Å². The fourth-order valence-electron chi connectivity index (χ4n) is 2.59. The zero-order valence-corrected chi connectivity index (χ0v) is 11.4. The number of carboxylic acids is 1. The molecule has 1 aliphatic heterocycles. The van der Waals surface area contributed by atoms with Crippen LogP contribution in [-0.2, 0) is 16.0 Å². The van der Waals surface area contributed by atoms with Crippen molar-refractivity contribution in [1.82, 2.24) is 4.90 Å². The number of amides is 1. The van der Waals surface area contributed by atoms with Gasteiger partial charge in [0.1, 0.15) is 0 Å². The van der Waals surface area contributed by atoms with Crippen molar-refractivity contribution in [3.63, 3.8) is 0 Å². The number of aliphatic carboxylic acids is 1. The van der Waals surface area contributed by atoms with Crippen LogP contribution < -0.4 is 0 Å². The summed E-state index contributed by atoms with van der Waals surface area (Å²) in [4.78, 5) is 34.8. The molecular formula is C14H16N2O5. The van der Waals surface area contributed by atoms with Gasteiger partial charge in [0.05, 0.1) is 11.3 Å². The van der Waals surface area contributed by atoms with Crippen molar-refractivity contribution >= 4 is 17.6 Å². The second-order valence-corrected chi connectivity index (χ2v) is 5.15. The maximum atomic E-state index is 12.2. The summed E-state index contributed by atoms with van der Waals surface area (Å²) < 4.78 is 0. The molecule has 112 valence electrons. The molecule has 0 bridgehead atoms. The first-order valence-corrected chi connectivity index (χ1v) is 6.69. The van der Waals surface area contributed by atoms with Crippen molar-refractivity contribution < 1.29 is 19.6 Å². The van der Waals surface area contributed by atoms with Gasteiger partial charge in [-0.3, -0.25) is 19.7 Å². The minimum atomic E-state index is -0.868. The lowest BCUT2D eigenvalue weighted by Crippen LogP contribution is -2.30. The van der Waals surface area contributed by atoms with E-state index in [-0.39, 0.29) is 30.4 Å². The summed E-state index contributed by atoms with van der Waals surface area (Å²) in [6, 6.07) is 6.17. The summed E-state index contributed by atoms with van der Waals surface area (Å²) in [5, 5.41) is 19.7. The Bertz CT molecular complexity index is 572. The first-order chi connectivity index (χ1) is 9.97. The van der Waals surface area contributed by atoms with E-state index in [1.54, 1.807) is 23.1 Å². The number of nitro groups is 1. The van der Waals surface area contributed by atoms with Gasteiger partial charge in [-0.05, 0) is 12.3 Å². The number of carboxylic acid groups (broad SMARTS) is 1. The molecular weight excluding hydrogens is 276 g/mol. The number of para-hydroxylation sites is 1. The van der Waals surface area contributed by atoms with E-state index in [2.05, 4.69) is 0 Å². The number of likely N-dealkylation sites (tertiary alicyclic amines) is 1. The van der Waals surface area contributed by atoms with Crippen LogP contribution in [0.3, 0.4) is 0 Å². The Kier molecular flexibility index (Phi) is 4.52. The normalized spacial score (nSPS) is 17.7. The zero-order chi connectivity index (χ0) is 15.4. The summed E-state index contributed by atoms with van der Waals surface area (Å²) in [5.41, 5.74) is 0.321. The van der Waals surface area contributed by atoms with E-state index >= 15 is 0 Å². The predicted octanol–water partition coefficient (Wildman–Crippen LogP) is 1.46. The number of rotatable bonds is 5. The molecule has 1 aliphatic rings. The Hall–Kier alpha value is -2.44. The van der Waals surface area contributed by atoms with E-state index in [0.29, 0.717) is 25.1 Å². The summed E-state index contributed by atoms with van der Waals surface area (Å²) in [5.74, 6) is -1.10. The monoisotopic (exact) mass is 292 g/mol. The Balaban J connectivity index is 2.00. The van der Waals surface area contributed by atoms with Gasteiger partial charge in [-0.1, -0.05) is 18.2 Å². The highest BCUT2D eigenvalue weighted by atomic mass is 16.6. The fraction of sp³-hybridized carbons (Fsp3) is 0.429. The Labute approximate surface area is 121 Å². The molecule has 0 radical (unpaired) electrons. The third kappa shape index (κ3) is 3.77.